The Morgan fingerprint density at radius 3 is 2.91 bits per heavy atom. The molecule has 4 aliphatic rings. The molecule has 0 bridgehead atoms. The van der Waals surface area contributed by atoms with E-state index < -0.39 is 0 Å². The monoisotopic (exact) mass is 316 g/mol. The fourth-order valence-corrected chi connectivity index (χ4v) is 4.59. The number of nitrogens with zero attached hydrogens (tertiary/aromatic N) is 2. The molecule has 0 aromatic carbocycles. The maximum Gasteiger partial charge on any atom is 0.230 e. The van der Waals surface area contributed by atoms with Crippen molar-refractivity contribution in [1.82, 2.24) is 15.1 Å². The van der Waals surface area contributed by atoms with Crippen molar-refractivity contribution in [1.29, 1.82) is 0 Å². The molecule has 23 heavy (non-hydrogen) atoms. The molecule has 3 saturated heterocycles. The van der Waals surface area contributed by atoms with Crippen molar-refractivity contribution in [3.63, 3.8) is 0 Å². The molecule has 0 aliphatic carbocycles. The van der Waals surface area contributed by atoms with Gasteiger partial charge in [-0.05, 0) is 44.3 Å². The summed E-state index contributed by atoms with van der Waals surface area (Å²) in [6.07, 6.45) is 14.4. The standard InChI is InChI=1S/C18H26N3O2/c22-17-18(8-11-21(17)15-5-12-23-13-6-15)7-3-10-20(14-18)16-4-1-2-9-19-16/h1,4,9,15-16,19H,3,5-8,10-14H2/t16?,18-/m1/s1. The molecule has 0 aromatic rings. The second-order valence-electron chi connectivity index (χ2n) is 7.23. The molecule has 125 valence electrons. The molecule has 1 unspecified atom stereocenters. The number of carbonyl (C=O) groups is 1. The number of likely N-dealkylation sites (tertiary alicyclic amines) is 2. The number of nitrogens with one attached hydrogen (secondary N) is 1. The fourth-order valence-electron chi connectivity index (χ4n) is 4.59. The van der Waals surface area contributed by atoms with Gasteiger partial charge in [0.1, 0.15) is 0 Å². The van der Waals surface area contributed by atoms with Crippen molar-refractivity contribution >= 4 is 5.91 Å². The van der Waals surface area contributed by atoms with Crippen LogP contribution in [0.3, 0.4) is 0 Å². The molecule has 1 radical (unpaired) electrons. The van der Waals surface area contributed by atoms with Crippen LogP contribution in [0.15, 0.2) is 18.4 Å². The molecule has 2 atom stereocenters. The molecule has 0 aromatic heterocycles. The van der Waals surface area contributed by atoms with Crippen LogP contribution < -0.4 is 5.32 Å². The summed E-state index contributed by atoms with van der Waals surface area (Å²) in [5.41, 5.74) is -0.156. The summed E-state index contributed by atoms with van der Waals surface area (Å²) in [5.74, 6) is 0.399. The predicted octanol–water partition coefficient (Wildman–Crippen LogP) is 1.28. The zero-order valence-corrected chi connectivity index (χ0v) is 13.7. The smallest absolute Gasteiger partial charge is 0.230 e. The second-order valence-corrected chi connectivity index (χ2v) is 7.23. The Balaban J connectivity index is 1.46. The number of ether oxygens (including phenoxy) is 1. The molecule has 0 saturated carbocycles. The molecule has 5 nitrogen and oxygen atoms in total. The van der Waals surface area contributed by atoms with E-state index in [0.717, 1.165) is 65.0 Å². The molecule has 5 heteroatoms. The Labute approximate surface area is 138 Å². The highest BCUT2D eigenvalue weighted by atomic mass is 16.5. The quantitative estimate of drug-likeness (QED) is 0.834. The number of hydrogen-bond donors (Lipinski definition) is 1. The van der Waals surface area contributed by atoms with E-state index in [4.69, 9.17) is 4.74 Å². The van der Waals surface area contributed by atoms with Gasteiger partial charge in [-0.1, -0.05) is 6.08 Å². The van der Waals surface area contributed by atoms with E-state index in [9.17, 15) is 4.79 Å². The van der Waals surface area contributed by atoms with E-state index in [1.54, 1.807) is 0 Å². The number of hydrogen-bond acceptors (Lipinski definition) is 4. The normalized spacial score (nSPS) is 35.9. The largest absolute Gasteiger partial charge is 0.381 e. The van der Waals surface area contributed by atoms with Gasteiger partial charge in [0.15, 0.2) is 0 Å². The number of carbonyl (C=O) groups excluding carboxylic acids is 1. The lowest BCUT2D eigenvalue weighted by Crippen LogP contribution is -2.54. The topological polar surface area (TPSA) is 44.8 Å². The summed E-state index contributed by atoms with van der Waals surface area (Å²) in [4.78, 5) is 17.8. The van der Waals surface area contributed by atoms with E-state index in [-0.39, 0.29) is 11.6 Å². The van der Waals surface area contributed by atoms with Crippen molar-refractivity contribution < 1.29 is 9.53 Å². The van der Waals surface area contributed by atoms with E-state index in [2.05, 4.69) is 27.3 Å². The molecular weight excluding hydrogens is 290 g/mol. The van der Waals surface area contributed by atoms with Crippen molar-refractivity contribution in [3.8, 4) is 0 Å². The molecule has 1 amide bonds. The third kappa shape index (κ3) is 2.81. The Kier molecular flexibility index (Phi) is 4.16. The summed E-state index contributed by atoms with van der Waals surface area (Å²) in [6.45, 7) is 4.46. The van der Waals surface area contributed by atoms with Crippen LogP contribution in [0.2, 0.25) is 0 Å². The Morgan fingerprint density at radius 2 is 2.13 bits per heavy atom. The first-order valence-electron chi connectivity index (χ1n) is 8.92. The van der Waals surface area contributed by atoms with E-state index in [1.165, 1.54) is 0 Å². The Hall–Kier alpha value is -1.33. The van der Waals surface area contributed by atoms with Crippen LogP contribution in [0.25, 0.3) is 0 Å². The minimum atomic E-state index is -0.156. The average molecular weight is 316 g/mol. The lowest BCUT2D eigenvalue weighted by atomic mass is 9.78. The van der Waals surface area contributed by atoms with Gasteiger partial charge in [-0.25, -0.2) is 0 Å². The lowest BCUT2D eigenvalue weighted by Gasteiger charge is -2.43. The van der Waals surface area contributed by atoms with Gasteiger partial charge in [0.25, 0.3) is 0 Å². The van der Waals surface area contributed by atoms with Crippen LogP contribution in [0, 0.1) is 11.5 Å². The van der Waals surface area contributed by atoms with E-state index >= 15 is 0 Å². The van der Waals surface area contributed by atoms with Crippen LogP contribution in [0.1, 0.15) is 32.1 Å². The zero-order valence-electron chi connectivity index (χ0n) is 13.7. The Bertz CT molecular complexity index is 512. The van der Waals surface area contributed by atoms with Crippen LogP contribution in [0.5, 0.6) is 0 Å². The number of piperidine rings is 1. The third-order valence-corrected chi connectivity index (χ3v) is 5.89. The van der Waals surface area contributed by atoms with Gasteiger partial charge in [0, 0.05) is 45.1 Å². The highest BCUT2D eigenvalue weighted by Crippen LogP contribution is 2.42. The van der Waals surface area contributed by atoms with E-state index in [1.807, 2.05) is 12.3 Å². The van der Waals surface area contributed by atoms with Crippen molar-refractivity contribution in [2.75, 3.05) is 32.8 Å². The van der Waals surface area contributed by atoms with Crippen LogP contribution in [-0.4, -0.2) is 60.8 Å². The first kappa shape index (κ1) is 15.2. The van der Waals surface area contributed by atoms with Gasteiger partial charge in [0.05, 0.1) is 11.6 Å². The summed E-state index contributed by atoms with van der Waals surface area (Å²) >= 11 is 0. The molecule has 4 heterocycles. The van der Waals surface area contributed by atoms with Gasteiger partial charge in [-0.2, -0.15) is 0 Å². The molecule has 3 fully saturated rings. The SMILES string of the molecule is O=C1N(C2CCOCC2)CC[C@@]12CCCN(C1C=C[C]=CN1)C2. The van der Waals surface area contributed by atoms with Gasteiger partial charge in [-0.15, -0.1) is 0 Å². The molecule has 1 spiro atoms. The Morgan fingerprint density at radius 1 is 1.26 bits per heavy atom. The second kappa shape index (κ2) is 6.29. The van der Waals surface area contributed by atoms with Crippen molar-refractivity contribution in [2.45, 2.75) is 44.3 Å². The number of amides is 1. The third-order valence-electron chi connectivity index (χ3n) is 5.89. The van der Waals surface area contributed by atoms with Gasteiger partial charge < -0.3 is 15.0 Å². The summed E-state index contributed by atoms with van der Waals surface area (Å²) in [6, 6.07) is 0.399. The number of rotatable bonds is 2. The average Bonchev–Trinajstić information content (AvgIpc) is 2.93. The summed E-state index contributed by atoms with van der Waals surface area (Å²) < 4.78 is 5.46. The first-order chi connectivity index (χ1) is 11.3. The predicted molar refractivity (Wildman–Crippen MR) is 87.3 cm³/mol. The fraction of sp³-hybridized carbons (Fsp3) is 0.722. The molecular formula is C18H26N3O2. The maximum absolute atomic E-state index is 13.2. The van der Waals surface area contributed by atoms with Crippen LogP contribution >= 0.6 is 0 Å². The number of allylic oxidation sites excluding steroid dienone is 2. The molecule has 4 aliphatic heterocycles. The van der Waals surface area contributed by atoms with Crippen LogP contribution in [-0.2, 0) is 9.53 Å². The minimum Gasteiger partial charge on any atom is -0.381 e. The summed E-state index contributed by atoms with van der Waals surface area (Å²) in [5, 5.41) is 3.35. The van der Waals surface area contributed by atoms with Crippen LogP contribution in [0.4, 0.5) is 0 Å². The minimum absolute atomic E-state index is 0.156. The van der Waals surface area contributed by atoms with E-state index in [0.29, 0.717) is 11.9 Å². The summed E-state index contributed by atoms with van der Waals surface area (Å²) in [7, 11) is 0. The highest BCUT2D eigenvalue weighted by Gasteiger charge is 2.50. The highest BCUT2D eigenvalue weighted by molar-refractivity contribution is 5.85. The maximum atomic E-state index is 13.2. The van der Waals surface area contributed by atoms with Crippen molar-refractivity contribution in [3.05, 3.63) is 24.4 Å². The zero-order chi connectivity index (χ0) is 15.7. The van der Waals surface area contributed by atoms with Gasteiger partial charge in [0.2, 0.25) is 5.91 Å². The number of dihydropyridines is 1. The molecule has 4 rings (SSSR count). The van der Waals surface area contributed by atoms with Crippen molar-refractivity contribution in [2.24, 2.45) is 5.41 Å². The van der Waals surface area contributed by atoms with Gasteiger partial charge >= 0.3 is 0 Å². The first-order valence-corrected chi connectivity index (χ1v) is 8.92. The lowest BCUT2D eigenvalue weighted by molar-refractivity contribution is -0.142. The molecule has 1 N–H and O–H groups in total. The van der Waals surface area contributed by atoms with Gasteiger partial charge in [-0.3, -0.25) is 9.69 Å².